The second-order valence-corrected chi connectivity index (χ2v) is 5.62. The molecule has 1 saturated heterocycles. The first kappa shape index (κ1) is 13.6. The molecule has 1 saturated carbocycles. The molecule has 2 rings (SSSR count). The molecule has 6 heteroatoms. The fourth-order valence-corrected chi connectivity index (χ4v) is 2.53. The van der Waals surface area contributed by atoms with Crippen molar-refractivity contribution in [2.45, 2.75) is 44.8 Å². The number of nitrogens with one attached hydrogen (secondary N) is 1. The van der Waals surface area contributed by atoms with Crippen LogP contribution in [0, 0.1) is 5.41 Å². The van der Waals surface area contributed by atoms with Gasteiger partial charge in [-0.15, -0.1) is 0 Å². The van der Waals surface area contributed by atoms with Crippen LogP contribution in [0.4, 0.5) is 13.2 Å². The minimum absolute atomic E-state index is 0.196. The lowest BCUT2D eigenvalue weighted by Crippen LogP contribution is -2.53. The van der Waals surface area contributed by atoms with E-state index in [0.717, 1.165) is 17.9 Å². The molecular formula is C12H19F3N2O. The molecule has 104 valence electrons. The van der Waals surface area contributed by atoms with E-state index in [1.165, 1.54) is 0 Å². The van der Waals surface area contributed by atoms with Gasteiger partial charge in [0, 0.05) is 12.6 Å². The molecule has 0 aromatic rings. The van der Waals surface area contributed by atoms with E-state index >= 15 is 0 Å². The molecule has 0 aromatic heterocycles. The third-order valence-corrected chi connectivity index (χ3v) is 3.71. The Morgan fingerprint density at radius 2 is 2.11 bits per heavy atom. The van der Waals surface area contributed by atoms with Gasteiger partial charge in [-0.25, -0.2) is 0 Å². The predicted octanol–water partition coefficient (Wildman–Crippen LogP) is 1.93. The summed E-state index contributed by atoms with van der Waals surface area (Å²) in [5, 5.41) is 3.10. The van der Waals surface area contributed by atoms with Crippen LogP contribution in [-0.2, 0) is 4.79 Å². The lowest BCUT2D eigenvalue weighted by atomic mass is 9.81. The largest absolute Gasteiger partial charge is 0.406 e. The summed E-state index contributed by atoms with van der Waals surface area (Å²) in [5.74, 6) is -0.338. The summed E-state index contributed by atoms with van der Waals surface area (Å²) in [6.45, 7) is 1.98. The van der Waals surface area contributed by atoms with E-state index < -0.39 is 18.1 Å². The van der Waals surface area contributed by atoms with Crippen LogP contribution in [0.5, 0.6) is 0 Å². The number of hydrogen-bond donors (Lipinski definition) is 1. The van der Waals surface area contributed by atoms with Gasteiger partial charge in [0.25, 0.3) is 0 Å². The summed E-state index contributed by atoms with van der Waals surface area (Å²) < 4.78 is 37.6. The Bertz CT molecular complexity index is 320. The fourth-order valence-electron chi connectivity index (χ4n) is 2.53. The lowest BCUT2D eigenvalue weighted by Gasteiger charge is -2.37. The molecule has 1 unspecified atom stereocenters. The molecular weight excluding hydrogens is 245 g/mol. The first-order valence-electron chi connectivity index (χ1n) is 6.40. The van der Waals surface area contributed by atoms with Gasteiger partial charge in [0.15, 0.2) is 0 Å². The maximum atomic E-state index is 12.5. The van der Waals surface area contributed by atoms with E-state index in [2.05, 4.69) is 5.32 Å². The molecule has 1 atom stereocenters. The molecule has 1 amide bonds. The Balaban J connectivity index is 2.07. The van der Waals surface area contributed by atoms with Crippen molar-refractivity contribution in [1.82, 2.24) is 10.2 Å². The van der Waals surface area contributed by atoms with E-state index in [0.29, 0.717) is 25.8 Å². The lowest BCUT2D eigenvalue weighted by molar-refractivity contribution is -0.169. The van der Waals surface area contributed by atoms with Crippen LogP contribution in [0.15, 0.2) is 0 Å². The van der Waals surface area contributed by atoms with Crippen LogP contribution < -0.4 is 5.32 Å². The van der Waals surface area contributed by atoms with E-state index in [9.17, 15) is 18.0 Å². The third-order valence-electron chi connectivity index (χ3n) is 3.71. The van der Waals surface area contributed by atoms with Crippen molar-refractivity contribution in [2.24, 2.45) is 5.41 Å². The molecule has 1 aliphatic heterocycles. The van der Waals surface area contributed by atoms with Gasteiger partial charge in [0.05, 0.1) is 5.41 Å². The van der Waals surface area contributed by atoms with Crippen molar-refractivity contribution < 1.29 is 18.0 Å². The molecule has 18 heavy (non-hydrogen) atoms. The number of rotatable bonds is 3. The number of piperidine rings is 1. The molecule has 3 nitrogen and oxygen atoms in total. The highest BCUT2D eigenvalue weighted by Crippen LogP contribution is 2.36. The maximum absolute atomic E-state index is 12.5. The molecule has 2 aliphatic rings. The Kier molecular flexibility index (Phi) is 3.58. The summed E-state index contributed by atoms with van der Waals surface area (Å²) in [6.07, 6.45) is -1.40. The number of nitrogens with zero attached hydrogens (tertiary/aromatic N) is 1. The van der Waals surface area contributed by atoms with E-state index in [-0.39, 0.29) is 11.9 Å². The summed E-state index contributed by atoms with van der Waals surface area (Å²) in [7, 11) is 0. The molecule has 0 spiro atoms. The quantitative estimate of drug-likeness (QED) is 0.844. The Morgan fingerprint density at radius 1 is 1.44 bits per heavy atom. The number of alkyl halides is 3. The topological polar surface area (TPSA) is 32.3 Å². The highest BCUT2D eigenvalue weighted by molar-refractivity contribution is 5.83. The van der Waals surface area contributed by atoms with Crippen LogP contribution in [0.3, 0.4) is 0 Å². The van der Waals surface area contributed by atoms with Gasteiger partial charge < -0.3 is 10.2 Å². The first-order valence-corrected chi connectivity index (χ1v) is 6.40. The average molecular weight is 264 g/mol. The van der Waals surface area contributed by atoms with Gasteiger partial charge in [0.2, 0.25) is 5.91 Å². The minimum Gasteiger partial charge on any atom is -0.330 e. The van der Waals surface area contributed by atoms with Crippen LogP contribution in [0.1, 0.15) is 32.6 Å². The Morgan fingerprint density at radius 3 is 2.56 bits per heavy atom. The second-order valence-electron chi connectivity index (χ2n) is 5.62. The van der Waals surface area contributed by atoms with Crippen molar-refractivity contribution in [3.8, 4) is 0 Å². The number of carbonyl (C=O) groups is 1. The van der Waals surface area contributed by atoms with Crippen LogP contribution in [0.2, 0.25) is 0 Å². The molecule has 1 N–H and O–H groups in total. The zero-order chi connectivity index (χ0) is 13.4. The van der Waals surface area contributed by atoms with Gasteiger partial charge in [-0.05, 0) is 39.2 Å². The standard InChI is InChI=1S/C12H19F3N2O/c1-11(5-2-6-16-7-11)10(18)17(9-3-4-9)8-12(13,14)15/h9,16H,2-8H2,1H3. The Labute approximate surface area is 105 Å². The number of carbonyl (C=O) groups excluding carboxylic acids is 1. The second kappa shape index (κ2) is 4.72. The fraction of sp³-hybridized carbons (Fsp3) is 0.917. The number of hydrogen-bond acceptors (Lipinski definition) is 2. The zero-order valence-corrected chi connectivity index (χ0v) is 10.5. The van der Waals surface area contributed by atoms with Crippen LogP contribution in [0.25, 0.3) is 0 Å². The van der Waals surface area contributed by atoms with Gasteiger partial charge in [-0.3, -0.25) is 4.79 Å². The minimum atomic E-state index is -4.31. The SMILES string of the molecule is CC1(C(=O)N(CC(F)(F)F)C2CC2)CCCNC1. The van der Waals surface area contributed by atoms with Crippen molar-refractivity contribution in [3.63, 3.8) is 0 Å². The maximum Gasteiger partial charge on any atom is 0.406 e. The van der Waals surface area contributed by atoms with Crippen molar-refractivity contribution in [1.29, 1.82) is 0 Å². The smallest absolute Gasteiger partial charge is 0.330 e. The van der Waals surface area contributed by atoms with E-state index in [1.807, 2.05) is 0 Å². The monoisotopic (exact) mass is 264 g/mol. The van der Waals surface area contributed by atoms with Crippen LogP contribution >= 0.6 is 0 Å². The summed E-state index contributed by atoms with van der Waals surface area (Å²) in [4.78, 5) is 13.4. The normalized spacial score (nSPS) is 29.1. The first-order chi connectivity index (χ1) is 8.32. The van der Waals surface area contributed by atoms with Crippen molar-refractivity contribution in [3.05, 3.63) is 0 Å². The molecule has 1 aliphatic carbocycles. The average Bonchev–Trinajstić information content (AvgIpc) is 3.08. The number of amides is 1. The van der Waals surface area contributed by atoms with Gasteiger partial charge in [0.1, 0.15) is 6.54 Å². The van der Waals surface area contributed by atoms with Gasteiger partial charge in [-0.1, -0.05) is 0 Å². The predicted molar refractivity (Wildman–Crippen MR) is 61.0 cm³/mol. The van der Waals surface area contributed by atoms with E-state index in [1.54, 1.807) is 6.92 Å². The van der Waals surface area contributed by atoms with E-state index in [4.69, 9.17) is 0 Å². The molecule has 0 bridgehead atoms. The van der Waals surface area contributed by atoms with Gasteiger partial charge >= 0.3 is 6.18 Å². The third kappa shape index (κ3) is 3.16. The van der Waals surface area contributed by atoms with Gasteiger partial charge in [-0.2, -0.15) is 13.2 Å². The summed E-state index contributed by atoms with van der Waals surface area (Å²) in [5.41, 5.74) is -0.675. The molecule has 0 radical (unpaired) electrons. The van der Waals surface area contributed by atoms with Crippen LogP contribution in [-0.4, -0.2) is 42.7 Å². The zero-order valence-electron chi connectivity index (χ0n) is 10.5. The highest BCUT2D eigenvalue weighted by Gasteiger charge is 2.46. The highest BCUT2D eigenvalue weighted by atomic mass is 19.4. The molecule has 0 aromatic carbocycles. The number of halogens is 3. The van der Waals surface area contributed by atoms with Crippen molar-refractivity contribution in [2.75, 3.05) is 19.6 Å². The summed E-state index contributed by atoms with van der Waals surface area (Å²) >= 11 is 0. The molecule has 2 fully saturated rings. The summed E-state index contributed by atoms with van der Waals surface area (Å²) in [6, 6.07) is -0.196. The molecule has 1 heterocycles. The van der Waals surface area contributed by atoms with Crippen molar-refractivity contribution >= 4 is 5.91 Å². The Hall–Kier alpha value is -0.780.